The molecule has 10 heteroatoms. The van der Waals surface area contributed by atoms with Crippen LogP contribution in [0, 0.1) is 5.92 Å². The summed E-state index contributed by atoms with van der Waals surface area (Å²) in [5.74, 6) is -0.745. The van der Waals surface area contributed by atoms with E-state index in [9.17, 15) is 18.0 Å². The second kappa shape index (κ2) is 6.04. The number of hydrogen-bond acceptors (Lipinski definition) is 6. The number of aromatic nitrogens is 5. The van der Waals surface area contributed by atoms with Crippen molar-refractivity contribution in [3.63, 3.8) is 0 Å². The molecular formula is C16H12F3N5O2. The first-order valence-electron chi connectivity index (χ1n) is 7.82. The van der Waals surface area contributed by atoms with E-state index in [0.717, 1.165) is 6.42 Å². The van der Waals surface area contributed by atoms with Gasteiger partial charge in [-0.2, -0.15) is 18.2 Å². The first-order chi connectivity index (χ1) is 12.4. The van der Waals surface area contributed by atoms with Gasteiger partial charge in [0.1, 0.15) is 5.82 Å². The zero-order chi connectivity index (χ0) is 18.3. The van der Waals surface area contributed by atoms with Gasteiger partial charge in [-0.15, -0.1) is 0 Å². The molecule has 134 valence electrons. The van der Waals surface area contributed by atoms with E-state index in [1.165, 1.54) is 12.3 Å². The van der Waals surface area contributed by atoms with E-state index >= 15 is 0 Å². The number of alkyl halides is 3. The van der Waals surface area contributed by atoms with Crippen molar-refractivity contribution in [1.29, 1.82) is 0 Å². The van der Waals surface area contributed by atoms with Gasteiger partial charge in [0.05, 0.1) is 0 Å². The maximum absolute atomic E-state index is 12.7. The van der Waals surface area contributed by atoms with Gasteiger partial charge in [-0.05, 0) is 30.9 Å². The number of pyridine rings is 1. The zero-order valence-corrected chi connectivity index (χ0v) is 13.2. The third-order valence-electron chi connectivity index (χ3n) is 4.28. The molecule has 1 aliphatic rings. The van der Waals surface area contributed by atoms with Crippen molar-refractivity contribution in [2.45, 2.75) is 24.9 Å². The van der Waals surface area contributed by atoms with Crippen LogP contribution in [0.3, 0.4) is 0 Å². The molecule has 1 saturated carbocycles. The first-order valence-corrected chi connectivity index (χ1v) is 7.82. The predicted octanol–water partition coefficient (Wildman–Crippen LogP) is 2.58. The highest BCUT2D eigenvalue weighted by Gasteiger charge is 2.42. The van der Waals surface area contributed by atoms with Crippen molar-refractivity contribution < 1.29 is 17.7 Å². The van der Waals surface area contributed by atoms with Crippen LogP contribution in [0.2, 0.25) is 0 Å². The summed E-state index contributed by atoms with van der Waals surface area (Å²) in [5, 5.41) is 3.38. The molecule has 3 aromatic rings. The molecule has 0 saturated heterocycles. The Balaban J connectivity index is 1.62. The summed E-state index contributed by atoms with van der Waals surface area (Å²) < 4.78 is 42.3. The Labute approximate surface area is 144 Å². The molecule has 0 unspecified atom stereocenters. The molecule has 26 heavy (non-hydrogen) atoms. The lowest BCUT2D eigenvalue weighted by Gasteiger charge is -2.05. The maximum Gasteiger partial charge on any atom is 0.471 e. The predicted molar refractivity (Wildman–Crippen MR) is 81.9 cm³/mol. The molecule has 0 amide bonds. The fourth-order valence-electron chi connectivity index (χ4n) is 2.92. The van der Waals surface area contributed by atoms with Crippen LogP contribution in [0.15, 0.2) is 40.0 Å². The third kappa shape index (κ3) is 3.09. The topological polar surface area (TPSA) is 97.6 Å². The summed E-state index contributed by atoms with van der Waals surface area (Å²) in [5.41, 5.74) is 0.165. The van der Waals surface area contributed by atoms with E-state index in [0.29, 0.717) is 17.8 Å². The Hall–Kier alpha value is -3.04. The Kier molecular flexibility index (Phi) is 3.82. The molecule has 7 nitrogen and oxygen atoms in total. The molecule has 4 rings (SSSR count). The quantitative estimate of drug-likeness (QED) is 0.765. The Bertz CT molecular complexity index is 983. The van der Waals surface area contributed by atoms with E-state index < -0.39 is 12.1 Å². The van der Waals surface area contributed by atoms with E-state index in [-0.39, 0.29) is 28.8 Å². The smallest absolute Gasteiger partial charge is 0.329 e. The van der Waals surface area contributed by atoms with Gasteiger partial charge >= 0.3 is 12.1 Å². The number of nitrogens with one attached hydrogen (secondary N) is 1. The van der Waals surface area contributed by atoms with Crippen LogP contribution in [0.25, 0.3) is 11.4 Å². The highest BCUT2D eigenvalue weighted by Crippen LogP contribution is 2.48. The van der Waals surface area contributed by atoms with Gasteiger partial charge in [0.15, 0.2) is 0 Å². The second-order valence-electron chi connectivity index (χ2n) is 6.03. The fourth-order valence-corrected chi connectivity index (χ4v) is 2.92. The lowest BCUT2D eigenvalue weighted by molar-refractivity contribution is -0.159. The molecule has 3 heterocycles. The molecular weight excluding hydrogens is 351 g/mol. The highest BCUT2D eigenvalue weighted by molar-refractivity contribution is 5.59. The van der Waals surface area contributed by atoms with Crippen LogP contribution in [0.5, 0.6) is 0 Å². The summed E-state index contributed by atoms with van der Waals surface area (Å²) in [6.45, 7) is 0. The Morgan fingerprint density at radius 1 is 1.27 bits per heavy atom. The third-order valence-corrected chi connectivity index (χ3v) is 4.28. The van der Waals surface area contributed by atoms with Gasteiger partial charge < -0.3 is 9.51 Å². The van der Waals surface area contributed by atoms with Crippen molar-refractivity contribution in [3.8, 4) is 11.4 Å². The van der Waals surface area contributed by atoms with Crippen molar-refractivity contribution >= 4 is 0 Å². The van der Waals surface area contributed by atoms with Gasteiger partial charge in [-0.3, -0.25) is 4.79 Å². The molecule has 0 aliphatic heterocycles. The number of halogens is 3. The minimum absolute atomic E-state index is 0.125. The van der Waals surface area contributed by atoms with Crippen LogP contribution in [0.4, 0.5) is 13.2 Å². The van der Waals surface area contributed by atoms with Crippen molar-refractivity contribution in [1.82, 2.24) is 25.1 Å². The lowest BCUT2D eigenvalue weighted by atomic mass is 10.0. The normalized spacial score (nSPS) is 19.5. The molecule has 0 bridgehead atoms. The summed E-state index contributed by atoms with van der Waals surface area (Å²) >= 11 is 0. The lowest BCUT2D eigenvalue weighted by Crippen LogP contribution is -2.15. The van der Waals surface area contributed by atoms with E-state index in [4.69, 9.17) is 0 Å². The van der Waals surface area contributed by atoms with Crippen LogP contribution >= 0.6 is 0 Å². The average molecular weight is 363 g/mol. The van der Waals surface area contributed by atoms with Crippen LogP contribution in [0.1, 0.15) is 29.6 Å². The molecule has 1 fully saturated rings. The molecule has 0 spiro atoms. The van der Waals surface area contributed by atoms with E-state index in [1.807, 2.05) is 0 Å². The number of hydrogen-bond donors (Lipinski definition) is 1. The average Bonchev–Trinajstić information content (AvgIpc) is 3.19. The SMILES string of the molecule is O=c1[nH]ccc(-c2noc(C(F)(F)F)n2)c1C[C@@H]1C[C@H]1c1ncccn1. The molecule has 3 aromatic heterocycles. The van der Waals surface area contributed by atoms with Gasteiger partial charge in [0.25, 0.3) is 5.56 Å². The van der Waals surface area contributed by atoms with Crippen LogP contribution < -0.4 is 5.56 Å². The first kappa shape index (κ1) is 16.4. The molecule has 0 aromatic carbocycles. The standard InChI is InChI=1S/C16H12F3N5O2/c17-16(18,19)15-23-13(24-26-15)9-2-5-22-14(25)11(9)7-8-6-10(8)12-20-3-1-4-21-12/h1-5,8,10H,6-7H2,(H,22,25)/t8-,10+/m0/s1. The minimum Gasteiger partial charge on any atom is -0.329 e. The molecule has 1 aliphatic carbocycles. The summed E-state index contributed by atoms with van der Waals surface area (Å²) in [7, 11) is 0. The fraction of sp³-hybridized carbons (Fsp3) is 0.312. The minimum atomic E-state index is -4.74. The van der Waals surface area contributed by atoms with Crippen molar-refractivity contribution in [3.05, 3.63) is 58.4 Å². The largest absolute Gasteiger partial charge is 0.471 e. The summed E-state index contributed by atoms with van der Waals surface area (Å²) in [4.78, 5) is 26.6. The van der Waals surface area contributed by atoms with Gasteiger partial charge in [0, 0.05) is 35.6 Å². The second-order valence-corrected chi connectivity index (χ2v) is 6.03. The number of nitrogens with zero attached hydrogens (tertiary/aromatic N) is 4. The van der Waals surface area contributed by atoms with Crippen LogP contribution in [-0.4, -0.2) is 25.1 Å². The molecule has 1 N–H and O–H groups in total. The van der Waals surface area contributed by atoms with Crippen molar-refractivity contribution in [2.24, 2.45) is 5.92 Å². The summed E-state index contributed by atoms with van der Waals surface area (Å²) in [6.07, 6.45) is 1.07. The van der Waals surface area contributed by atoms with Gasteiger partial charge in [-0.25, -0.2) is 9.97 Å². The zero-order valence-electron chi connectivity index (χ0n) is 13.2. The van der Waals surface area contributed by atoms with Crippen molar-refractivity contribution in [2.75, 3.05) is 0 Å². The summed E-state index contributed by atoms with van der Waals surface area (Å²) in [6, 6.07) is 3.19. The maximum atomic E-state index is 12.7. The Morgan fingerprint density at radius 3 is 2.73 bits per heavy atom. The monoisotopic (exact) mass is 363 g/mol. The van der Waals surface area contributed by atoms with Crippen LogP contribution in [-0.2, 0) is 12.6 Å². The van der Waals surface area contributed by atoms with E-state index in [1.54, 1.807) is 18.5 Å². The number of H-pyrrole nitrogens is 1. The number of rotatable bonds is 4. The highest BCUT2D eigenvalue weighted by atomic mass is 19.4. The van der Waals surface area contributed by atoms with Gasteiger partial charge in [-0.1, -0.05) is 5.16 Å². The number of aromatic amines is 1. The Morgan fingerprint density at radius 2 is 2.04 bits per heavy atom. The molecule has 2 atom stereocenters. The molecule has 0 radical (unpaired) electrons. The van der Waals surface area contributed by atoms with E-state index in [2.05, 4.69) is 29.6 Å². The van der Waals surface area contributed by atoms with Gasteiger partial charge in [0.2, 0.25) is 5.82 Å².